The summed E-state index contributed by atoms with van der Waals surface area (Å²) in [5.41, 5.74) is 0.488. The zero-order valence-corrected chi connectivity index (χ0v) is 11.8. The van der Waals surface area contributed by atoms with Gasteiger partial charge >= 0.3 is 0 Å². The molecule has 1 saturated heterocycles. The maximum absolute atomic E-state index is 9.87. The lowest BCUT2D eigenvalue weighted by Crippen LogP contribution is -2.44. The molecule has 2 heterocycles. The Bertz CT molecular complexity index is 608. The average molecular weight is 295 g/mol. The van der Waals surface area contributed by atoms with Crippen molar-refractivity contribution in [2.24, 2.45) is 0 Å². The van der Waals surface area contributed by atoms with E-state index in [1.54, 1.807) is 12.1 Å². The van der Waals surface area contributed by atoms with Gasteiger partial charge in [-0.05, 0) is 30.4 Å². The Hall–Kier alpha value is -1.79. The van der Waals surface area contributed by atoms with Gasteiger partial charge in [-0.2, -0.15) is 4.98 Å². The van der Waals surface area contributed by atoms with Crippen LogP contribution in [0.15, 0.2) is 22.7 Å². The predicted molar refractivity (Wildman–Crippen MR) is 76.1 cm³/mol. The minimum absolute atomic E-state index is 0.0334. The van der Waals surface area contributed by atoms with Crippen LogP contribution >= 0.6 is 11.6 Å². The second-order valence-electron chi connectivity index (χ2n) is 4.85. The number of piperazine rings is 1. The summed E-state index contributed by atoms with van der Waals surface area (Å²) in [6, 6.07) is 4.80. The summed E-state index contributed by atoms with van der Waals surface area (Å²) in [5.74, 6) is 0.890. The third kappa shape index (κ3) is 2.57. The predicted octanol–water partition coefficient (Wildman–Crippen LogP) is 1.85. The smallest absolute Gasteiger partial charge is 0.266 e. The highest BCUT2D eigenvalue weighted by atomic mass is 35.5. The van der Waals surface area contributed by atoms with E-state index in [2.05, 4.69) is 27.0 Å². The summed E-state index contributed by atoms with van der Waals surface area (Å²) in [6.07, 6.45) is 0. The molecule has 0 spiro atoms. The van der Waals surface area contributed by atoms with Crippen molar-refractivity contribution in [2.45, 2.75) is 0 Å². The first-order chi connectivity index (χ1) is 9.63. The highest BCUT2D eigenvalue weighted by molar-refractivity contribution is 6.30. The zero-order valence-electron chi connectivity index (χ0n) is 11.1. The third-order valence-electron chi connectivity index (χ3n) is 3.39. The minimum Gasteiger partial charge on any atom is -0.507 e. The van der Waals surface area contributed by atoms with Crippen molar-refractivity contribution in [3.05, 3.63) is 23.2 Å². The first-order valence-electron chi connectivity index (χ1n) is 6.39. The van der Waals surface area contributed by atoms with Crippen molar-refractivity contribution in [1.82, 2.24) is 15.0 Å². The van der Waals surface area contributed by atoms with Gasteiger partial charge in [0.2, 0.25) is 0 Å². The normalized spacial score (nSPS) is 16.6. The lowest BCUT2D eigenvalue weighted by Gasteiger charge is -2.31. The number of aromatic hydroxyl groups is 1. The van der Waals surface area contributed by atoms with Gasteiger partial charge in [0.25, 0.3) is 11.8 Å². The van der Waals surface area contributed by atoms with Crippen LogP contribution in [0.4, 0.5) is 5.95 Å². The molecule has 106 valence electrons. The maximum Gasteiger partial charge on any atom is 0.266 e. The number of aromatic nitrogens is 2. The molecular weight excluding hydrogens is 280 g/mol. The highest BCUT2D eigenvalue weighted by Gasteiger charge is 2.20. The number of likely N-dealkylation sites (N-methyl/N-ethyl adjacent to an activating group) is 1. The Kier molecular flexibility index (Phi) is 3.50. The Morgan fingerprint density at radius 2 is 2.00 bits per heavy atom. The van der Waals surface area contributed by atoms with E-state index in [-0.39, 0.29) is 5.75 Å². The van der Waals surface area contributed by atoms with E-state index in [1.165, 1.54) is 6.07 Å². The number of phenols is 1. The fourth-order valence-corrected chi connectivity index (χ4v) is 2.31. The van der Waals surface area contributed by atoms with Gasteiger partial charge in [0.05, 0.1) is 5.56 Å². The largest absolute Gasteiger partial charge is 0.507 e. The van der Waals surface area contributed by atoms with Crippen LogP contribution in [0, 0.1) is 0 Å². The van der Waals surface area contributed by atoms with Crippen LogP contribution in [0.3, 0.4) is 0 Å². The van der Waals surface area contributed by atoms with Crippen LogP contribution in [0.1, 0.15) is 0 Å². The zero-order chi connectivity index (χ0) is 14.1. The molecule has 0 aliphatic carbocycles. The monoisotopic (exact) mass is 294 g/mol. The molecule has 0 atom stereocenters. The van der Waals surface area contributed by atoms with Crippen LogP contribution in [0.2, 0.25) is 5.02 Å². The molecule has 0 amide bonds. The SMILES string of the molecule is CN1CCN(c2noc(-c3ccc(Cl)cc3O)n2)CC1. The van der Waals surface area contributed by atoms with Gasteiger partial charge in [0.15, 0.2) is 0 Å². The van der Waals surface area contributed by atoms with Gasteiger partial charge in [0.1, 0.15) is 5.75 Å². The van der Waals surface area contributed by atoms with Crippen molar-refractivity contribution < 1.29 is 9.63 Å². The van der Waals surface area contributed by atoms with E-state index in [4.69, 9.17) is 16.1 Å². The number of phenolic OH excluding ortho intramolecular Hbond substituents is 1. The van der Waals surface area contributed by atoms with Gasteiger partial charge in [-0.15, -0.1) is 0 Å². The average Bonchev–Trinajstić information content (AvgIpc) is 2.89. The lowest BCUT2D eigenvalue weighted by molar-refractivity contribution is 0.309. The number of hydrogen-bond acceptors (Lipinski definition) is 6. The quantitative estimate of drug-likeness (QED) is 0.912. The Morgan fingerprint density at radius 1 is 1.25 bits per heavy atom. The molecule has 6 nitrogen and oxygen atoms in total. The van der Waals surface area contributed by atoms with Crippen LogP contribution < -0.4 is 4.90 Å². The molecule has 0 bridgehead atoms. The van der Waals surface area contributed by atoms with Gasteiger partial charge < -0.3 is 19.4 Å². The Balaban J connectivity index is 1.83. The molecule has 0 saturated carbocycles. The molecule has 1 aliphatic rings. The standard InChI is InChI=1S/C13H15ClN4O2/c1-17-4-6-18(7-5-17)13-15-12(20-16-13)10-3-2-9(14)8-11(10)19/h2-3,8,19H,4-7H2,1H3. The van der Waals surface area contributed by atoms with Gasteiger partial charge in [-0.25, -0.2) is 0 Å². The molecule has 1 N–H and O–H groups in total. The van der Waals surface area contributed by atoms with Gasteiger partial charge in [-0.1, -0.05) is 11.6 Å². The van der Waals surface area contributed by atoms with Crippen molar-refractivity contribution in [1.29, 1.82) is 0 Å². The van der Waals surface area contributed by atoms with E-state index in [0.717, 1.165) is 26.2 Å². The van der Waals surface area contributed by atoms with Crippen LogP contribution in [0.25, 0.3) is 11.5 Å². The van der Waals surface area contributed by atoms with E-state index in [9.17, 15) is 5.11 Å². The second-order valence-corrected chi connectivity index (χ2v) is 5.29. The van der Waals surface area contributed by atoms with Crippen molar-refractivity contribution in [2.75, 3.05) is 38.1 Å². The van der Waals surface area contributed by atoms with Crippen molar-refractivity contribution >= 4 is 17.5 Å². The molecule has 2 aromatic rings. The Labute approximate surface area is 121 Å². The number of hydrogen-bond donors (Lipinski definition) is 1. The summed E-state index contributed by atoms with van der Waals surface area (Å²) in [7, 11) is 2.09. The third-order valence-corrected chi connectivity index (χ3v) is 3.63. The molecule has 20 heavy (non-hydrogen) atoms. The first kappa shape index (κ1) is 13.2. The van der Waals surface area contributed by atoms with E-state index < -0.39 is 0 Å². The fraction of sp³-hybridized carbons (Fsp3) is 0.385. The lowest BCUT2D eigenvalue weighted by atomic mass is 10.2. The van der Waals surface area contributed by atoms with E-state index in [0.29, 0.717) is 22.4 Å². The number of nitrogens with zero attached hydrogens (tertiary/aromatic N) is 4. The van der Waals surface area contributed by atoms with Crippen LogP contribution in [-0.4, -0.2) is 53.4 Å². The van der Waals surface area contributed by atoms with E-state index in [1.807, 2.05) is 0 Å². The summed E-state index contributed by atoms with van der Waals surface area (Å²) < 4.78 is 5.23. The van der Waals surface area contributed by atoms with E-state index >= 15 is 0 Å². The molecule has 1 aromatic heterocycles. The van der Waals surface area contributed by atoms with Crippen molar-refractivity contribution in [3.63, 3.8) is 0 Å². The van der Waals surface area contributed by atoms with Crippen LogP contribution in [0.5, 0.6) is 5.75 Å². The second kappa shape index (κ2) is 5.30. The number of benzene rings is 1. The van der Waals surface area contributed by atoms with Gasteiger partial charge in [-0.3, -0.25) is 0 Å². The maximum atomic E-state index is 9.87. The molecular formula is C13H15ClN4O2. The molecule has 1 aromatic carbocycles. The van der Waals surface area contributed by atoms with Gasteiger partial charge in [0, 0.05) is 31.2 Å². The Morgan fingerprint density at radius 3 is 2.70 bits per heavy atom. The number of anilines is 1. The first-order valence-corrected chi connectivity index (χ1v) is 6.77. The van der Waals surface area contributed by atoms with Crippen molar-refractivity contribution in [3.8, 4) is 17.2 Å². The summed E-state index contributed by atoms with van der Waals surface area (Å²) in [5, 5.41) is 14.3. The highest BCUT2D eigenvalue weighted by Crippen LogP contribution is 2.31. The molecule has 1 fully saturated rings. The molecule has 1 aliphatic heterocycles. The number of rotatable bonds is 2. The summed E-state index contributed by atoms with van der Waals surface area (Å²) in [6.45, 7) is 3.66. The molecule has 0 radical (unpaired) electrons. The topological polar surface area (TPSA) is 65.6 Å². The summed E-state index contributed by atoms with van der Waals surface area (Å²) >= 11 is 5.81. The molecule has 0 unspecified atom stereocenters. The van der Waals surface area contributed by atoms with Crippen LogP contribution in [-0.2, 0) is 0 Å². The molecule has 7 heteroatoms. The minimum atomic E-state index is 0.0334. The summed E-state index contributed by atoms with van der Waals surface area (Å²) in [4.78, 5) is 8.67. The molecule has 3 rings (SSSR count). The number of halogens is 1. The fourth-order valence-electron chi connectivity index (χ4n) is 2.15.